The number of aromatic nitrogens is 2. The molecule has 1 aromatic heterocycles. The second kappa shape index (κ2) is 5.75. The Bertz CT molecular complexity index is 729. The van der Waals surface area contributed by atoms with Crippen molar-refractivity contribution in [2.45, 2.75) is 6.61 Å². The summed E-state index contributed by atoms with van der Waals surface area (Å²) in [5.41, 5.74) is 0.944. The molecule has 2 heterocycles. The van der Waals surface area contributed by atoms with Gasteiger partial charge in [0.25, 0.3) is 5.56 Å². The van der Waals surface area contributed by atoms with Gasteiger partial charge >= 0.3 is 0 Å². The lowest BCUT2D eigenvalue weighted by atomic mass is 10.1. The van der Waals surface area contributed by atoms with Crippen LogP contribution in [0.25, 0.3) is 11.4 Å². The number of benzene rings is 1. The minimum absolute atomic E-state index is 0.252. The molecule has 0 amide bonds. The number of nitrogens with one attached hydrogen (secondary N) is 1. The molecule has 0 bridgehead atoms. The summed E-state index contributed by atoms with van der Waals surface area (Å²) < 4.78 is 16.0. The highest BCUT2D eigenvalue weighted by atomic mass is 35.5. The third-order valence-electron chi connectivity index (χ3n) is 2.96. The van der Waals surface area contributed by atoms with Gasteiger partial charge in [-0.15, -0.1) is 0 Å². The predicted molar refractivity (Wildman–Crippen MR) is 77.0 cm³/mol. The summed E-state index contributed by atoms with van der Waals surface area (Å²) in [6, 6.07) is 4.83. The fourth-order valence-electron chi connectivity index (χ4n) is 2.11. The van der Waals surface area contributed by atoms with Gasteiger partial charge in [0.05, 0.1) is 17.3 Å². The Morgan fingerprint density at radius 2 is 2.14 bits per heavy atom. The van der Waals surface area contributed by atoms with Gasteiger partial charge in [0.1, 0.15) is 19.0 Å². The number of nitrogens with zero attached hydrogens (tertiary/aromatic N) is 1. The van der Waals surface area contributed by atoms with E-state index in [0.29, 0.717) is 46.8 Å². The molecule has 0 unspecified atom stereocenters. The third-order valence-corrected chi connectivity index (χ3v) is 3.24. The maximum absolute atomic E-state index is 11.7. The Morgan fingerprint density at radius 3 is 2.95 bits per heavy atom. The van der Waals surface area contributed by atoms with Crippen LogP contribution in [0.3, 0.4) is 0 Å². The van der Waals surface area contributed by atoms with Gasteiger partial charge in [-0.3, -0.25) is 4.79 Å². The number of fused-ring (bicyclic) bond motifs is 1. The molecule has 1 aromatic carbocycles. The van der Waals surface area contributed by atoms with Crippen molar-refractivity contribution in [1.82, 2.24) is 9.97 Å². The van der Waals surface area contributed by atoms with E-state index in [2.05, 4.69) is 9.97 Å². The van der Waals surface area contributed by atoms with E-state index in [-0.39, 0.29) is 12.2 Å². The number of aromatic amines is 1. The van der Waals surface area contributed by atoms with Crippen LogP contribution < -0.4 is 15.0 Å². The molecular weight excluding hydrogens is 296 g/mol. The first-order chi connectivity index (χ1) is 10.2. The van der Waals surface area contributed by atoms with Gasteiger partial charge in [-0.2, -0.15) is 0 Å². The van der Waals surface area contributed by atoms with E-state index in [9.17, 15) is 4.79 Å². The van der Waals surface area contributed by atoms with Gasteiger partial charge in [-0.1, -0.05) is 11.6 Å². The van der Waals surface area contributed by atoms with Crippen LogP contribution >= 0.6 is 11.6 Å². The van der Waals surface area contributed by atoms with Crippen LogP contribution in [-0.2, 0) is 11.3 Å². The van der Waals surface area contributed by atoms with Gasteiger partial charge in [-0.05, 0) is 12.1 Å². The van der Waals surface area contributed by atoms with Gasteiger partial charge in [0.2, 0.25) is 0 Å². The van der Waals surface area contributed by atoms with Gasteiger partial charge in [0.15, 0.2) is 11.5 Å². The average Bonchev–Trinajstić information content (AvgIpc) is 2.47. The Kier molecular flexibility index (Phi) is 3.81. The Labute approximate surface area is 125 Å². The molecule has 0 radical (unpaired) electrons. The van der Waals surface area contributed by atoms with E-state index in [1.807, 2.05) is 0 Å². The van der Waals surface area contributed by atoms with Crippen molar-refractivity contribution in [3.63, 3.8) is 0 Å². The normalized spacial score (nSPS) is 13.2. The van der Waals surface area contributed by atoms with Crippen molar-refractivity contribution < 1.29 is 14.2 Å². The summed E-state index contributed by atoms with van der Waals surface area (Å²) in [6.07, 6.45) is 0. The largest absolute Gasteiger partial charge is 0.486 e. The lowest BCUT2D eigenvalue weighted by Crippen LogP contribution is -2.16. The zero-order valence-corrected chi connectivity index (χ0v) is 12.1. The molecule has 0 aliphatic carbocycles. The zero-order chi connectivity index (χ0) is 14.8. The summed E-state index contributed by atoms with van der Waals surface area (Å²) in [6.45, 7) is 1.18. The fraction of sp³-hybridized carbons (Fsp3) is 0.286. The number of hydrogen-bond acceptors (Lipinski definition) is 5. The Morgan fingerprint density at radius 1 is 1.33 bits per heavy atom. The summed E-state index contributed by atoms with van der Waals surface area (Å²) in [5.74, 6) is 1.47. The van der Waals surface area contributed by atoms with Crippen molar-refractivity contribution in [1.29, 1.82) is 0 Å². The predicted octanol–water partition coefficient (Wildman–Crippen LogP) is 2.01. The molecule has 0 saturated heterocycles. The van der Waals surface area contributed by atoms with E-state index in [1.165, 1.54) is 6.07 Å². The lowest BCUT2D eigenvalue weighted by molar-refractivity contribution is 0.172. The van der Waals surface area contributed by atoms with Crippen LogP contribution in [-0.4, -0.2) is 30.3 Å². The molecule has 1 aliphatic rings. The molecule has 0 atom stereocenters. The topological polar surface area (TPSA) is 73.4 Å². The van der Waals surface area contributed by atoms with Crippen LogP contribution in [0, 0.1) is 0 Å². The smallest absolute Gasteiger partial charge is 0.251 e. The quantitative estimate of drug-likeness (QED) is 0.939. The van der Waals surface area contributed by atoms with Crippen molar-refractivity contribution >= 4 is 11.6 Å². The summed E-state index contributed by atoms with van der Waals surface area (Å²) >= 11 is 6.19. The Balaban J connectivity index is 2.08. The summed E-state index contributed by atoms with van der Waals surface area (Å²) in [4.78, 5) is 18.7. The Hall–Kier alpha value is -2.05. The second-order valence-electron chi connectivity index (χ2n) is 4.50. The van der Waals surface area contributed by atoms with Crippen LogP contribution in [0.2, 0.25) is 5.02 Å². The third kappa shape index (κ3) is 2.86. The minimum atomic E-state index is -0.252. The molecule has 21 heavy (non-hydrogen) atoms. The van der Waals surface area contributed by atoms with E-state index in [4.69, 9.17) is 25.8 Å². The first kappa shape index (κ1) is 13.9. The molecule has 0 saturated carbocycles. The van der Waals surface area contributed by atoms with E-state index in [0.717, 1.165) is 0 Å². The average molecular weight is 309 g/mol. The first-order valence-electron chi connectivity index (χ1n) is 6.36. The van der Waals surface area contributed by atoms with E-state index >= 15 is 0 Å². The summed E-state index contributed by atoms with van der Waals surface area (Å²) in [7, 11) is 1.55. The van der Waals surface area contributed by atoms with Gasteiger partial charge in [0, 0.05) is 18.7 Å². The highest BCUT2D eigenvalue weighted by Gasteiger charge is 2.18. The second-order valence-corrected chi connectivity index (χ2v) is 4.91. The number of halogens is 1. The van der Waals surface area contributed by atoms with Crippen molar-refractivity contribution in [2.75, 3.05) is 20.3 Å². The zero-order valence-electron chi connectivity index (χ0n) is 11.3. The molecule has 1 N–H and O–H groups in total. The first-order valence-corrected chi connectivity index (χ1v) is 6.74. The van der Waals surface area contributed by atoms with Crippen LogP contribution in [0.1, 0.15) is 5.69 Å². The fourth-order valence-corrected chi connectivity index (χ4v) is 2.38. The molecule has 0 spiro atoms. The standard InChI is InChI=1S/C14H13ClN2O4/c1-19-7-9-6-12(18)17-14(16-9)8-4-10(15)13-11(5-8)20-2-3-21-13/h4-6H,2-3,7H2,1H3,(H,16,17,18). The van der Waals surface area contributed by atoms with Crippen molar-refractivity contribution in [3.05, 3.63) is 39.3 Å². The molecule has 110 valence electrons. The molecule has 3 rings (SSSR count). The highest BCUT2D eigenvalue weighted by molar-refractivity contribution is 6.32. The molecule has 6 nitrogen and oxygen atoms in total. The monoisotopic (exact) mass is 308 g/mol. The number of H-pyrrole nitrogens is 1. The SMILES string of the molecule is COCc1cc(=O)[nH]c(-c2cc(Cl)c3c(c2)OCCO3)n1. The lowest BCUT2D eigenvalue weighted by Gasteiger charge is -2.20. The maximum Gasteiger partial charge on any atom is 0.251 e. The van der Waals surface area contributed by atoms with E-state index in [1.54, 1.807) is 19.2 Å². The molecule has 0 fully saturated rings. The number of methoxy groups -OCH3 is 1. The number of rotatable bonds is 3. The molecular formula is C14H13ClN2O4. The number of ether oxygens (including phenoxy) is 3. The van der Waals surface area contributed by atoms with Crippen molar-refractivity contribution in [2.24, 2.45) is 0 Å². The number of hydrogen-bond donors (Lipinski definition) is 1. The highest BCUT2D eigenvalue weighted by Crippen LogP contribution is 2.40. The van der Waals surface area contributed by atoms with E-state index < -0.39 is 0 Å². The van der Waals surface area contributed by atoms with Crippen molar-refractivity contribution in [3.8, 4) is 22.9 Å². The van der Waals surface area contributed by atoms with Crippen LogP contribution in [0.15, 0.2) is 23.0 Å². The maximum atomic E-state index is 11.7. The molecule has 2 aromatic rings. The van der Waals surface area contributed by atoms with Crippen LogP contribution in [0.4, 0.5) is 0 Å². The van der Waals surface area contributed by atoms with Gasteiger partial charge in [-0.25, -0.2) is 4.98 Å². The molecule has 7 heteroatoms. The van der Waals surface area contributed by atoms with Crippen LogP contribution in [0.5, 0.6) is 11.5 Å². The molecule has 1 aliphatic heterocycles. The van der Waals surface area contributed by atoms with Gasteiger partial charge < -0.3 is 19.2 Å². The minimum Gasteiger partial charge on any atom is -0.486 e. The summed E-state index contributed by atoms with van der Waals surface area (Å²) in [5, 5.41) is 0.419.